The highest BCUT2D eigenvalue weighted by Gasteiger charge is 2.60. The predicted molar refractivity (Wildman–Crippen MR) is 99.1 cm³/mol. The summed E-state index contributed by atoms with van der Waals surface area (Å²) in [5, 5.41) is 19.9. The van der Waals surface area contributed by atoms with E-state index in [1.807, 2.05) is 6.92 Å². The fraction of sp³-hybridized carbons (Fsp3) is 0.471. The molecule has 2 aromatic rings. The monoisotopic (exact) mass is 426 g/mol. The van der Waals surface area contributed by atoms with Crippen LogP contribution >= 0.6 is 11.3 Å². The van der Waals surface area contributed by atoms with Crippen LogP contribution in [0.3, 0.4) is 0 Å². The molecule has 0 radical (unpaired) electrons. The number of β-lactam (4-membered cyclic amide) rings is 1. The van der Waals surface area contributed by atoms with Gasteiger partial charge in [0.1, 0.15) is 11.9 Å². The third kappa shape index (κ3) is 2.39. The molecule has 0 spiro atoms. The maximum absolute atomic E-state index is 12.5. The number of imidazole rings is 1. The van der Waals surface area contributed by atoms with Crippen LogP contribution in [-0.4, -0.2) is 58.4 Å². The van der Waals surface area contributed by atoms with Crippen molar-refractivity contribution in [2.24, 2.45) is 18.9 Å². The Kier molecular flexibility index (Phi) is 4.01. The Bertz CT molecular complexity index is 1170. The van der Waals surface area contributed by atoms with Gasteiger partial charge in [0.05, 0.1) is 30.0 Å². The number of fused-ring (bicyclic) bond motifs is 2. The van der Waals surface area contributed by atoms with Crippen LogP contribution in [-0.2, 0) is 26.5 Å². The van der Waals surface area contributed by atoms with Crippen molar-refractivity contribution in [2.75, 3.05) is 6.26 Å². The van der Waals surface area contributed by atoms with Gasteiger partial charge in [-0.2, -0.15) is 4.40 Å². The summed E-state index contributed by atoms with van der Waals surface area (Å²) in [6, 6.07) is -0.416. The first-order chi connectivity index (χ1) is 12.9. The molecule has 4 atom stereocenters. The second-order valence-corrected chi connectivity index (χ2v) is 10.4. The number of aromatic nitrogens is 2. The van der Waals surface area contributed by atoms with Crippen molar-refractivity contribution in [2.45, 2.75) is 31.0 Å². The quantitative estimate of drug-likeness (QED) is 0.520. The Balaban J connectivity index is 1.90. The van der Waals surface area contributed by atoms with Crippen molar-refractivity contribution in [1.29, 1.82) is 0 Å². The van der Waals surface area contributed by atoms with Gasteiger partial charge in [0, 0.05) is 17.7 Å². The number of rotatable bonds is 4. The van der Waals surface area contributed by atoms with Crippen molar-refractivity contribution in [3.63, 3.8) is 0 Å². The van der Waals surface area contributed by atoms with Crippen molar-refractivity contribution < 1.29 is 32.6 Å². The van der Waals surface area contributed by atoms with Crippen LogP contribution in [0.25, 0.3) is 10.4 Å². The Morgan fingerprint density at radius 1 is 1.39 bits per heavy atom. The van der Waals surface area contributed by atoms with Gasteiger partial charge in [0.2, 0.25) is 20.6 Å². The number of aliphatic hydroxyl groups excluding tert-OH is 1. The van der Waals surface area contributed by atoms with Crippen LogP contribution in [0.15, 0.2) is 23.2 Å². The van der Waals surface area contributed by atoms with Crippen molar-refractivity contribution >= 4 is 43.5 Å². The number of thiazole rings is 1. The van der Waals surface area contributed by atoms with E-state index in [-0.39, 0.29) is 16.6 Å². The number of carboxylic acid groups (broad SMARTS) is 1. The molecule has 2 aliphatic rings. The van der Waals surface area contributed by atoms with Crippen LogP contribution in [0.1, 0.15) is 18.7 Å². The number of sulfone groups is 1. The van der Waals surface area contributed by atoms with Crippen molar-refractivity contribution in [1.82, 2.24) is 9.47 Å². The van der Waals surface area contributed by atoms with Gasteiger partial charge in [-0.25, -0.2) is 17.8 Å². The second kappa shape index (κ2) is 5.88. The number of carbonyl (C=O) groups is 2. The van der Waals surface area contributed by atoms with E-state index >= 15 is 0 Å². The minimum absolute atomic E-state index is 0.0887. The minimum atomic E-state index is -3.49. The van der Waals surface area contributed by atoms with E-state index in [4.69, 9.17) is 0 Å². The first-order valence-corrected chi connectivity index (χ1v) is 11.3. The molecule has 0 aliphatic carbocycles. The Morgan fingerprint density at radius 3 is 2.57 bits per heavy atom. The molecule has 28 heavy (non-hydrogen) atoms. The number of carbonyl (C=O) groups excluding carboxylic acids is 1. The molecular formula is C17H20N3O6S2+. The van der Waals surface area contributed by atoms with Crippen LogP contribution in [0, 0.1) is 11.8 Å². The SMILES string of the molecule is C[C@@H](O)[C@H]1C(=O)N2C(C(=O)O)=C(c3c[n+]4cn(C)c(S(C)(=O)=O)c4s3)[C@H](C)[C@H]12. The van der Waals surface area contributed by atoms with Gasteiger partial charge in [-0.05, 0) is 6.92 Å². The van der Waals surface area contributed by atoms with E-state index in [0.717, 1.165) is 6.26 Å². The zero-order chi connectivity index (χ0) is 20.7. The summed E-state index contributed by atoms with van der Waals surface area (Å²) in [6.45, 7) is 3.36. The lowest BCUT2D eigenvalue weighted by Gasteiger charge is -2.46. The highest BCUT2D eigenvalue weighted by atomic mass is 32.2. The molecule has 0 bridgehead atoms. The van der Waals surface area contributed by atoms with Gasteiger partial charge in [0.15, 0.2) is 0 Å². The molecular weight excluding hydrogens is 406 g/mol. The number of hydrogen-bond acceptors (Lipinski definition) is 6. The summed E-state index contributed by atoms with van der Waals surface area (Å²) in [6.07, 6.45) is 3.56. The van der Waals surface area contributed by atoms with E-state index in [0.29, 0.717) is 15.3 Å². The van der Waals surface area contributed by atoms with Gasteiger partial charge < -0.3 is 15.1 Å². The van der Waals surface area contributed by atoms with E-state index in [1.54, 1.807) is 24.0 Å². The molecule has 4 rings (SSSR count). The normalized spacial score (nSPS) is 26.0. The largest absolute Gasteiger partial charge is 0.477 e. The first-order valence-electron chi connectivity index (χ1n) is 8.64. The fourth-order valence-electron chi connectivity index (χ4n) is 4.44. The number of carboxylic acids is 1. The van der Waals surface area contributed by atoms with Crippen LogP contribution in [0.5, 0.6) is 0 Å². The number of aryl methyl sites for hydroxylation is 1. The molecule has 1 fully saturated rings. The molecule has 11 heteroatoms. The molecule has 2 aromatic heterocycles. The maximum atomic E-state index is 12.5. The molecule has 0 aromatic carbocycles. The minimum Gasteiger partial charge on any atom is -0.477 e. The van der Waals surface area contributed by atoms with Crippen LogP contribution in [0.2, 0.25) is 0 Å². The Labute approximate surface area is 165 Å². The topological polar surface area (TPSA) is 121 Å². The van der Waals surface area contributed by atoms with Crippen molar-refractivity contribution in [3.05, 3.63) is 23.1 Å². The highest BCUT2D eigenvalue weighted by Crippen LogP contribution is 2.51. The zero-order valence-corrected chi connectivity index (χ0v) is 17.3. The summed E-state index contributed by atoms with van der Waals surface area (Å²) in [4.78, 5) is 26.8. The lowest BCUT2D eigenvalue weighted by molar-refractivity contribution is -0.508. The summed E-state index contributed by atoms with van der Waals surface area (Å²) in [5.74, 6) is -2.56. The van der Waals surface area contributed by atoms with Crippen LogP contribution in [0.4, 0.5) is 0 Å². The summed E-state index contributed by atoms with van der Waals surface area (Å²) < 4.78 is 27.5. The van der Waals surface area contributed by atoms with Gasteiger partial charge in [-0.15, -0.1) is 0 Å². The summed E-state index contributed by atoms with van der Waals surface area (Å²) in [5.41, 5.74) is 0.402. The van der Waals surface area contributed by atoms with Gasteiger partial charge >= 0.3 is 5.97 Å². The van der Waals surface area contributed by atoms with Gasteiger partial charge in [-0.3, -0.25) is 4.79 Å². The van der Waals surface area contributed by atoms with Crippen molar-refractivity contribution in [3.8, 4) is 0 Å². The number of aliphatic carboxylic acids is 1. The third-order valence-corrected chi connectivity index (χ3v) is 7.95. The highest BCUT2D eigenvalue weighted by molar-refractivity contribution is 7.91. The molecule has 0 unspecified atom stereocenters. The Hall–Kier alpha value is -2.24. The standard InChI is InChI=1S/C17H19N3O6S2/c1-7-10(13(17(23)24)20-12(7)11(8(2)21)14(20)22)9-5-19-6-18(3)16(15(19)27-9)28(4,25)26/h5-8,11-12,21H,1-4H3/p+1/t7-,8+,11+,12+/m0/s1. The molecule has 0 saturated carbocycles. The van der Waals surface area contributed by atoms with Gasteiger partial charge in [0.25, 0.3) is 11.4 Å². The predicted octanol–water partition coefficient (Wildman–Crippen LogP) is -0.118. The molecule has 9 nitrogen and oxygen atoms in total. The lowest BCUT2D eigenvalue weighted by Crippen LogP contribution is -2.63. The second-order valence-electron chi connectivity index (χ2n) is 7.43. The smallest absolute Gasteiger partial charge is 0.352 e. The van der Waals surface area contributed by atoms with E-state index in [2.05, 4.69) is 0 Å². The van der Waals surface area contributed by atoms with E-state index in [1.165, 1.54) is 27.7 Å². The average molecular weight is 426 g/mol. The van der Waals surface area contributed by atoms with E-state index in [9.17, 15) is 28.2 Å². The number of amides is 1. The molecule has 2 aliphatic heterocycles. The number of nitrogens with zero attached hydrogens (tertiary/aromatic N) is 3. The molecule has 150 valence electrons. The Morgan fingerprint density at radius 2 is 2.04 bits per heavy atom. The summed E-state index contributed by atoms with van der Waals surface area (Å²) in [7, 11) is -1.85. The number of hydrogen-bond donors (Lipinski definition) is 2. The van der Waals surface area contributed by atoms with E-state index < -0.39 is 39.8 Å². The molecule has 2 N–H and O–H groups in total. The lowest BCUT2D eigenvalue weighted by atomic mass is 9.77. The first kappa shape index (κ1) is 19.1. The molecule has 1 amide bonds. The third-order valence-electron chi connectivity index (χ3n) is 5.49. The zero-order valence-electron chi connectivity index (χ0n) is 15.6. The fourth-order valence-corrected chi connectivity index (χ4v) is 7.21. The van der Waals surface area contributed by atoms with Crippen LogP contribution < -0.4 is 4.40 Å². The maximum Gasteiger partial charge on any atom is 0.352 e. The summed E-state index contributed by atoms with van der Waals surface area (Å²) >= 11 is 1.18. The molecule has 1 saturated heterocycles. The van der Waals surface area contributed by atoms with Gasteiger partial charge in [-0.1, -0.05) is 18.3 Å². The molecule has 4 heterocycles. The average Bonchev–Trinajstić information content (AvgIpc) is 3.12. The number of aliphatic hydroxyl groups is 1.